The maximum absolute atomic E-state index is 2.66. The number of hydrogen-bond donors (Lipinski definition) is 0. The van der Waals surface area contributed by atoms with Crippen LogP contribution >= 0.6 is 0 Å². The highest BCUT2D eigenvalue weighted by molar-refractivity contribution is 5.03. The smallest absolute Gasteiger partial charge is 0.0176 e. The largest absolute Gasteiger partial charge is 0.289 e. The van der Waals surface area contributed by atoms with Crippen LogP contribution in [0.25, 0.3) is 0 Å². The molecule has 1 heteroatoms. The highest BCUT2D eigenvalue weighted by Gasteiger charge is 2.40. The van der Waals surface area contributed by atoms with Gasteiger partial charge < -0.3 is 0 Å². The molecule has 1 nitrogen and oxygen atoms in total. The van der Waals surface area contributed by atoms with Gasteiger partial charge in [-0.3, -0.25) is 4.90 Å². The molecule has 0 aromatic rings. The summed E-state index contributed by atoms with van der Waals surface area (Å²) >= 11 is 0. The molecule has 0 N–H and O–H groups in total. The lowest BCUT2D eigenvalue weighted by molar-refractivity contribution is -0.0163. The van der Waals surface area contributed by atoms with E-state index in [0.29, 0.717) is 11.1 Å². The molecule has 15 heavy (non-hydrogen) atoms. The first-order valence-corrected chi connectivity index (χ1v) is 6.17. The van der Waals surface area contributed by atoms with E-state index < -0.39 is 0 Å². The molecule has 0 aliphatic carbocycles. The summed E-state index contributed by atoms with van der Waals surface area (Å²) in [6.07, 6.45) is 6.38. The molecule has 0 radical (unpaired) electrons. The highest BCUT2D eigenvalue weighted by atomic mass is 15.2. The van der Waals surface area contributed by atoms with E-state index in [4.69, 9.17) is 0 Å². The molecular formula is C14H27N. The molecule has 1 saturated heterocycles. The summed E-state index contributed by atoms with van der Waals surface area (Å²) in [6, 6.07) is 0. The van der Waals surface area contributed by atoms with E-state index in [-0.39, 0.29) is 0 Å². The zero-order valence-electron chi connectivity index (χ0n) is 11.4. The highest BCUT2D eigenvalue weighted by Crippen LogP contribution is 2.37. The van der Waals surface area contributed by atoms with Gasteiger partial charge in [-0.2, -0.15) is 0 Å². The summed E-state index contributed by atoms with van der Waals surface area (Å²) < 4.78 is 0. The molecule has 0 amide bonds. The Balaban J connectivity index is 2.82. The van der Waals surface area contributed by atoms with Gasteiger partial charge in [0.1, 0.15) is 0 Å². The Hall–Kier alpha value is -0.300. The second kappa shape index (κ2) is 4.29. The summed E-state index contributed by atoms with van der Waals surface area (Å²) in [5.41, 5.74) is 2.13. The third kappa shape index (κ3) is 3.07. The fourth-order valence-corrected chi connectivity index (χ4v) is 2.81. The summed E-state index contributed by atoms with van der Waals surface area (Å²) in [7, 11) is 0. The van der Waals surface area contributed by atoms with Gasteiger partial charge in [0.2, 0.25) is 0 Å². The van der Waals surface area contributed by atoms with Crippen LogP contribution in [0.3, 0.4) is 0 Å². The predicted octanol–water partition coefficient (Wildman–Crippen LogP) is 4.00. The fourth-order valence-electron chi connectivity index (χ4n) is 2.81. The molecule has 0 aromatic heterocycles. The number of hydrogen-bond acceptors (Lipinski definition) is 1. The molecule has 0 bridgehead atoms. The summed E-state index contributed by atoms with van der Waals surface area (Å²) in [6.45, 7) is 15.0. The van der Waals surface area contributed by atoms with E-state index in [0.717, 1.165) is 6.54 Å². The summed E-state index contributed by atoms with van der Waals surface area (Å²) in [4.78, 5) is 2.66. The quantitative estimate of drug-likeness (QED) is 0.621. The van der Waals surface area contributed by atoms with Crippen molar-refractivity contribution in [2.45, 2.75) is 71.9 Å². The SMILES string of the molecule is CC(C)=CCN1C(C)(C)CCCC1(C)C. The Labute approximate surface area is 95.5 Å². The van der Waals surface area contributed by atoms with Crippen LogP contribution in [0.5, 0.6) is 0 Å². The van der Waals surface area contributed by atoms with E-state index in [1.54, 1.807) is 0 Å². The summed E-state index contributed by atoms with van der Waals surface area (Å²) in [5.74, 6) is 0. The van der Waals surface area contributed by atoms with Crippen molar-refractivity contribution in [1.82, 2.24) is 4.90 Å². The monoisotopic (exact) mass is 209 g/mol. The van der Waals surface area contributed by atoms with Gasteiger partial charge in [0.05, 0.1) is 0 Å². The lowest BCUT2D eigenvalue weighted by Crippen LogP contribution is -2.58. The molecule has 0 saturated carbocycles. The average molecular weight is 209 g/mol. The van der Waals surface area contributed by atoms with Gasteiger partial charge in [0.15, 0.2) is 0 Å². The third-order valence-electron chi connectivity index (χ3n) is 3.72. The maximum Gasteiger partial charge on any atom is 0.0176 e. The van der Waals surface area contributed by atoms with Crippen molar-refractivity contribution >= 4 is 0 Å². The molecule has 1 aliphatic rings. The molecule has 1 fully saturated rings. The van der Waals surface area contributed by atoms with Crippen molar-refractivity contribution in [1.29, 1.82) is 0 Å². The normalized spacial score (nSPS) is 24.9. The Morgan fingerprint density at radius 2 is 1.53 bits per heavy atom. The minimum absolute atomic E-state index is 0.355. The first-order valence-electron chi connectivity index (χ1n) is 6.17. The molecule has 1 rings (SSSR count). The standard InChI is InChI=1S/C14H27N/c1-12(2)8-11-15-13(3,4)9-7-10-14(15,5)6/h8H,7,9-11H2,1-6H3. The van der Waals surface area contributed by atoms with E-state index in [1.165, 1.54) is 24.8 Å². The minimum atomic E-state index is 0.355. The minimum Gasteiger partial charge on any atom is -0.289 e. The van der Waals surface area contributed by atoms with E-state index in [2.05, 4.69) is 52.5 Å². The van der Waals surface area contributed by atoms with E-state index in [1.807, 2.05) is 0 Å². The Bertz CT molecular complexity index is 228. The van der Waals surface area contributed by atoms with Gasteiger partial charge >= 0.3 is 0 Å². The molecule has 1 heterocycles. The zero-order valence-corrected chi connectivity index (χ0v) is 11.4. The Morgan fingerprint density at radius 3 is 1.93 bits per heavy atom. The predicted molar refractivity (Wildman–Crippen MR) is 68.1 cm³/mol. The fraction of sp³-hybridized carbons (Fsp3) is 0.857. The molecule has 0 unspecified atom stereocenters. The van der Waals surface area contributed by atoms with Crippen LogP contribution < -0.4 is 0 Å². The number of rotatable bonds is 2. The lowest BCUT2D eigenvalue weighted by Gasteiger charge is -2.52. The van der Waals surface area contributed by atoms with Crippen molar-refractivity contribution in [2.24, 2.45) is 0 Å². The van der Waals surface area contributed by atoms with Crippen molar-refractivity contribution in [2.75, 3.05) is 6.54 Å². The van der Waals surface area contributed by atoms with Gasteiger partial charge in [-0.1, -0.05) is 11.6 Å². The Morgan fingerprint density at radius 1 is 1.07 bits per heavy atom. The van der Waals surface area contributed by atoms with Crippen LogP contribution in [-0.4, -0.2) is 22.5 Å². The second-order valence-electron chi connectivity index (χ2n) is 6.37. The molecule has 1 aliphatic heterocycles. The lowest BCUT2D eigenvalue weighted by atomic mass is 9.80. The molecule has 0 atom stereocenters. The summed E-state index contributed by atoms with van der Waals surface area (Å²) in [5, 5.41) is 0. The van der Waals surface area contributed by atoms with Crippen LogP contribution in [0, 0.1) is 0 Å². The van der Waals surface area contributed by atoms with Gasteiger partial charge in [0.25, 0.3) is 0 Å². The molecule has 0 aromatic carbocycles. The van der Waals surface area contributed by atoms with E-state index in [9.17, 15) is 0 Å². The van der Waals surface area contributed by atoms with Gasteiger partial charge in [-0.05, 0) is 60.8 Å². The average Bonchev–Trinajstić information content (AvgIpc) is 1.99. The zero-order chi connectivity index (χ0) is 11.7. The van der Waals surface area contributed by atoms with Crippen molar-refractivity contribution < 1.29 is 0 Å². The first-order chi connectivity index (χ1) is 6.76. The maximum atomic E-state index is 2.66. The number of piperidine rings is 1. The van der Waals surface area contributed by atoms with Gasteiger partial charge in [0, 0.05) is 17.6 Å². The van der Waals surface area contributed by atoms with Crippen LogP contribution in [0.1, 0.15) is 60.8 Å². The number of allylic oxidation sites excluding steroid dienone is 1. The van der Waals surface area contributed by atoms with Crippen LogP contribution in [0.4, 0.5) is 0 Å². The molecule has 88 valence electrons. The van der Waals surface area contributed by atoms with Crippen molar-refractivity contribution in [3.8, 4) is 0 Å². The van der Waals surface area contributed by atoms with E-state index >= 15 is 0 Å². The van der Waals surface area contributed by atoms with Gasteiger partial charge in [-0.25, -0.2) is 0 Å². The second-order valence-corrected chi connectivity index (χ2v) is 6.37. The third-order valence-corrected chi connectivity index (χ3v) is 3.72. The number of likely N-dealkylation sites (tertiary alicyclic amines) is 1. The first kappa shape index (κ1) is 12.8. The van der Waals surface area contributed by atoms with Gasteiger partial charge in [-0.15, -0.1) is 0 Å². The molecule has 0 spiro atoms. The topological polar surface area (TPSA) is 3.24 Å². The Kier molecular flexibility index (Phi) is 3.65. The number of nitrogens with zero attached hydrogens (tertiary/aromatic N) is 1. The molecular weight excluding hydrogens is 182 g/mol. The van der Waals surface area contributed by atoms with Crippen LogP contribution in [0.15, 0.2) is 11.6 Å². The van der Waals surface area contributed by atoms with Crippen molar-refractivity contribution in [3.05, 3.63) is 11.6 Å². The van der Waals surface area contributed by atoms with Crippen LogP contribution in [-0.2, 0) is 0 Å². The van der Waals surface area contributed by atoms with Crippen molar-refractivity contribution in [3.63, 3.8) is 0 Å². The van der Waals surface area contributed by atoms with Crippen LogP contribution in [0.2, 0.25) is 0 Å².